The minimum Gasteiger partial charge on any atom is -0.461 e. The fraction of sp³-hybridized carbons (Fsp3) is 0.0588. The maximum atomic E-state index is 12.5. The van der Waals surface area contributed by atoms with Gasteiger partial charge in [-0.3, -0.25) is 4.72 Å². The third-order valence-corrected chi connectivity index (χ3v) is 6.34. The third-order valence-electron chi connectivity index (χ3n) is 3.57. The zero-order chi connectivity index (χ0) is 18.0. The Hall–Kier alpha value is -2.91. The van der Waals surface area contributed by atoms with Gasteiger partial charge in [-0.25, -0.2) is 8.42 Å². The molecule has 132 valence electrons. The molecule has 7 nitrogen and oxygen atoms in total. The van der Waals surface area contributed by atoms with E-state index in [9.17, 15) is 8.42 Å². The lowest BCUT2D eigenvalue weighted by Gasteiger charge is -2.10. The number of nitrogens with one attached hydrogen (secondary N) is 1. The summed E-state index contributed by atoms with van der Waals surface area (Å²) in [5.74, 6) is 1.22. The van der Waals surface area contributed by atoms with Gasteiger partial charge in [-0.2, -0.15) is 4.98 Å². The molecule has 0 atom stereocenters. The Kier molecular flexibility index (Phi) is 4.31. The Morgan fingerprint density at radius 1 is 1.08 bits per heavy atom. The van der Waals surface area contributed by atoms with Gasteiger partial charge in [0.1, 0.15) is 4.21 Å². The van der Waals surface area contributed by atoms with Crippen LogP contribution in [0.15, 0.2) is 73.3 Å². The second kappa shape index (κ2) is 6.77. The molecular formula is C17H13N3O4S2. The lowest BCUT2D eigenvalue weighted by molar-refractivity contribution is 0.384. The number of rotatable bonds is 6. The van der Waals surface area contributed by atoms with Crippen LogP contribution in [0.1, 0.15) is 11.5 Å². The van der Waals surface area contributed by atoms with Crippen molar-refractivity contribution in [3.05, 3.63) is 71.6 Å². The van der Waals surface area contributed by atoms with E-state index in [0.717, 1.165) is 16.9 Å². The highest BCUT2D eigenvalue weighted by molar-refractivity contribution is 7.94. The minimum atomic E-state index is -3.63. The number of nitrogens with zero attached hydrogens (tertiary/aromatic N) is 2. The van der Waals surface area contributed by atoms with Crippen LogP contribution in [0, 0.1) is 0 Å². The zero-order valence-corrected chi connectivity index (χ0v) is 15.0. The van der Waals surface area contributed by atoms with Crippen LogP contribution in [0.3, 0.4) is 0 Å². The molecule has 0 bridgehead atoms. The quantitative estimate of drug-likeness (QED) is 0.541. The molecule has 1 aromatic carbocycles. The standard InChI is InChI=1S/C17H13N3O4S2/c21-26(22,16-8-4-10-25-16)20-13-6-2-1-5-12(13)11-15-18-17(19-24-15)14-7-3-9-23-14/h1-10,20H,11H2. The summed E-state index contributed by atoms with van der Waals surface area (Å²) >= 11 is 1.16. The Balaban J connectivity index is 1.59. The number of sulfonamides is 1. The first-order chi connectivity index (χ1) is 12.6. The SMILES string of the molecule is O=S(=O)(Nc1ccccc1Cc1nc(-c2ccco2)no1)c1cccs1. The summed E-state index contributed by atoms with van der Waals surface area (Å²) in [4.78, 5) is 4.29. The summed E-state index contributed by atoms with van der Waals surface area (Å²) in [6, 6.07) is 13.8. The van der Waals surface area contributed by atoms with Gasteiger partial charge in [-0.05, 0) is 35.2 Å². The van der Waals surface area contributed by atoms with E-state index in [1.165, 1.54) is 6.26 Å². The van der Waals surface area contributed by atoms with Crippen LogP contribution in [-0.2, 0) is 16.4 Å². The Bertz CT molecular complexity index is 1100. The summed E-state index contributed by atoms with van der Waals surface area (Å²) in [6.07, 6.45) is 1.82. The van der Waals surface area contributed by atoms with Crippen molar-refractivity contribution in [2.45, 2.75) is 10.6 Å². The predicted octanol–water partition coefficient (Wildman–Crippen LogP) is 3.78. The molecule has 4 aromatic rings. The van der Waals surface area contributed by atoms with Gasteiger partial charge < -0.3 is 8.94 Å². The van der Waals surface area contributed by atoms with E-state index in [0.29, 0.717) is 23.2 Å². The van der Waals surface area contributed by atoms with Crippen LogP contribution >= 0.6 is 11.3 Å². The molecule has 0 spiro atoms. The van der Waals surface area contributed by atoms with Crippen LogP contribution < -0.4 is 4.72 Å². The number of para-hydroxylation sites is 1. The van der Waals surface area contributed by atoms with E-state index in [-0.39, 0.29) is 10.6 Å². The van der Waals surface area contributed by atoms with Crippen molar-refractivity contribution in [3.63, 3.8) is 0 Å². The highest BCUT2D eigenvalue weighted by Gasteiger charge is 2.18. The summed E-state index contributed by atoms with van der Waals surface area (Å²) in [5, 5.41) is 5.60. The van der Waals surface area contributed by atoms with Crippen LogP contribution in [0.4, 0.5) is 5.69 Å². The molecule has 4 rings (SSSR count). The van der Waals surface area contributed by atoms with Gasteiger partial charge in [0.05, 0.1) is 18.4 Å². The number of aromatic nitrogens is 2. The van der Waals surface area contributed by atoms with E-state index in [1.54, 1.807) is 41.8 Å². The summed E-state index contributed by atoms with van der Waals surface area (Å²) in [5.41, 5.74) is 1.20. The lowest BCUT2D eigenvalue weighted by atomic mass is 10.1. The van der Waals surface area contributed by atoms with Crippen molar-refractivity contribution in [2.24, 2.45) is 0 Å². The Morgan fingerprint density at radius 2 is 1.96 bits per heavy atom. The highest BCUT2D eigenvalue weighted by Crippen LogP contribution is 2.25. The molecule has 26 heavy (non-hydrogen) atoms. The number of benzene rings is 1. The smallest absolute Gasteiger partial charge is 0.271 e. The number of hydrogen-bond acceptors (Lipinski definition) is 7. The van der Waals surface area contributed by atoms with Crippen molar-refractivity contribution >= 4 is 27.0 Å². The minimum absolute atomic E-state index is 0.255. The average Bonchev–Trinajstić information content (AvgIpc) is 3.39. The molecule has 1 N–H and O–H groups in total. The molecule has 0 aliphatic carbocycles. The molecule has 0 radical (unpaired) electrons. The number of hydrogen-bond donors (Lipinski definition) is 1. The van der Waals surface area contributed by atoms with E-state index in [1.807, 2.05) is 12.1 Å². The Labute approximate surface area is 153 Å². The van der Waals surface area contributed by atoms with E-state index < -0.39 is 10.0 Å². The lowest BCUT2D eigenvalue weighted by Crippen LogP contribution is -2.13. The second-order valence-electron chi connectivity index (χ2n) is 5.36. The van der Waals surface area contributed by atoms with Gasteiger partial charge in [-0.1, -0.05) is 29.4 Å². The fourth-order valence-electron chi connectivity index (χ4n) is 2.38. The normalized spacial score (nSPS) is 11.5. The van der Waals surface area contributed by atoms with Gasteiger partial charge in [0.15, 0.2) is 5.76 Å². The molecule has 0 aliphatic rings. The van der Waals surface area contributed by atoms with Gasteiger partial charge >= 0.3 is 0 Å². The van der Waals surface area contributed by atoms with Crippen molar-refractivity contribution in [3.8, 4) is 11.6 Å². The van der Waals surface area contributed by atoms with Gasteiger partial charge in [0.2, 0.25) is 11.7 Å². The maximum Gasteiger partial charge on any atom is 0.271 e. The molecule has 0 amide bonds. The van der Waals surface area contributed by atoms with E-state index in [2.05, 4.69) is 14.9 Å². The third kappa shape index (κ3) is 3.39. The van der Waals surface area contributed by atoms with Crippen LogP contribution in [0.25, 0.3) is 11.6 Å². The first-order valence-electron chi connectivity index (χ1n) is 7.62. The van der Waals surface area contributed by atoms with Crippen molar-refractivity contribution < 1.29 is 17.4 Å². The van der Waals surface area contributed by atoms with Gasteiger partial charge in [0.25, 0.3) is 10.0 Å². The summed E-state index contributed by atoms with van der Waals surface area (Å²) in [6.45, 7) is 0. The van der Waals surface area contributed by atoms with Crippen LogP contribution in [-0.4, -0.2) is 18.6 Å². The number of thiophene rings is 1. The number of anilines is 1. The highest BCUT2D eigenvalue weighted by atomic mass is 32.2. The first-order valence-corrected chi connectivity index (χ1v) is 9.99. The first kappa shape index (κ1) is 16.6. The van der Waals surface area contributed by atoms with Gasteiger partial charge in [0, 0.05) is 0 Å². The van der Waals surface area contributed by atoms with Crippen LogP contribution in [0.2, 0.25) is 0 Å². The van der Waals surface area contributed by atoms with Crippen molar-refractivity contribution in [2.75, 3.05) is 4.72 Å². The summed E-state index contributed by atoms with van der Waals surface area (Å²) in [7, 11) is -3.63. The molecule has 0 saturated heterocycles. The zero-order valence-electron chi connectivity index (χ0n) is 13.3. The monoisotopic (exact) mass is 387 g/mol. The summed E-state index contributed by atoms with van der Waals surface area (Å²) < 4.78 is 38.3. The molecule has 9 heteroatoms. The van der Waals surface area contributed by atoms with E-state index >= 15 is 0 Å². The molecule has 0 saturated carbocycles. The van der Waals surface area contributed by atoms with Crippen LogP contribution in [0.5, 0.6) is 0 Å². The van der Waals surface area contributed by atoms with E-state index in [4.69, 9.17) is 8.94 Å². The molecule has 3 heterocycles. The number of furan rings is 1. The molecular weight excluding hydrogens is 374 g/mol. The molecule has 0 fully saturated rings. The second-order valence-corrected chi connectivity index (χ2v) is 8.22. The van der Waals surface area contributed by atoms with Crippen molar-refractivity contribution in [1.82, 2.24) is 10.1 Å². The van der Waals surface area contributed by atoms with Crippen molar-refractivity contribution in [1.29, 1.82) is 0 Å². The topological polar surface area (TPSA) is 98.2 Å². The predicted molar refractivity (Wildman–Crippen MR) is 96.4 cm³/mol. The maximum absolute atomic E-state index is 12.5. The average molecular weight is 387 g/mol. The molecule has 0 unspecified atom stereocenters. The largest absolute Gasteiger partial charge is 0.461 e. The Morgan fingerprint density at radius 3 is 2.73 bits per heavy atom. The molecule has 0 aliphatic heterocycles. The molecule has 3 aromatic heterocycles. The van der Waals surface area contributed by atoms with Gasteiger partial charge in [-0.15, -0.1) is 11.3 Å². The fourth-order valence-corrected chi connectivity index (χ4v) is 4.47.